The van der Waals surface area contributed by atoms with E-state index in [0.717, 1.165) is 18.8 Å². The maximum Gasteiger partial charge on any atom is 0.106 e. The highest BCUT2D eigenvalue weighted by Crippen LogP contribution is 2.20. The zero-order chi connectivity index (χ0) is 9.10. The first-order valence-electron chi connectivity index (χ1n) is 4.36. The van der Waals surface area contributed by atoms with Crippen molar-refractivity contribution in [1.82, 2.24) is 9.88 Å². The van der Waals surface area contributed by atoms with Crippen LogP contribution in [-0.2, 0) is 6.54 Å². The number of rotatable bonds is 2. The van der Waals surface area contributed by atoms with Gasteiger partial charge in [0, 0.05) is 31.2 Å². The minimum Gasteiger partial charge on any atom is -0.307 e. The third kappa shape index (κ3) is 2.21. The van der Waals surface area contributed by atoms with E-state index < -0.39 is 0 Å². The minimum atomic E-state index is 0.167. The number of hydrogen-bond donors (Lipinski definition) is 1. The third-order valence-electron chi connectivity index (χ3n) is 2.14. The van der Waals surface area contributed by atoms with E-state index in [1.54, 1.807) is 6.20 Å². The molecule has 1 aromatic heterocycles. The van der Waals surface area contributed by atoms with Gasteiger partial charge in [0.2, 0.25) is 0 Å². The lowest BCUT2D eigenvalue weighted by Gasteiger charge is -2.19. The molecule has 1 aliphatic heterocycles. The Bertz CT molecular complexity index is 265. The van der Waals surface area contributed by atoms with Crippen molar-refractivity contribution in [2.45, 2.75) is 12.0 Å². The molecule has 0 aromatic carbocycles. The Morgan fingerprint density at radius 1 is 1.69 bits per heavy atom. The Morgan fingerprint density at radius 3 is 3.23 bits per heavy atom. The lowest BCUT2D eigenvalue weighted by atomic mass is 10.3. The van der Waals surface area contributed by atoms with Gasteiger partial charge < -0.3 is 5.73 Å². The Hall–Kier alpha value is -0.580. The van der Waals surface area contributed by atoms with Crippen LogP contribution in [0.3, 0.4) is 0 Å². The van der Waals surface area contributed by atoms with Gasteiger partial charge in [0.05, 0.1) is 0 Å². The van der Waals surface area contributed by atoms with Crippen LogP contribution in [0.25, 0.3) is 0 Å². The molecule has 0 unspecified atom stereocenters. The van der Waals surface area contributed by atoms with E-state index in [4.69, 9.17) is 5.73 Å². The summed E-state index contributed by atoms with van der Waals surface area (Å²) in [5, 5.41) is 0. The summed E-state index contributed by atoms with van der Waals surface area (Å²) in [6, 6.07) is 4.05. The molecule has 3 nitrogen and oxygen atoms in total. The first kappa shape index (κ1) is 8.99. The summed E-state index contributed by atoms with van der Waals surface area (Å²) in [6.45, 7) is 2.00. The Balaban J connectivity index is 1.98. The fourth-order valence-electron chi connectivity index (χ4n) is 1.42. The van der Waals surface area contributed by atoms with E-state index in [-0.39, 0.29) is 5.50 Å². The van der Waals surface area contributed by atoms with Crippen LogP contribution in [0, 0.1) is 0 Å². The van der Waals surface area contributed by atoms with Gasteiger partial charge in [-0.05, 0) is 11.6 Å². The van der Waals surface area contributed by atoms with E-state index in [2.05, 4.69) is 16.0 Å². The lowest BCUT2D eigenvalue weighted by molar-refractivity contribution is 0.283. The largest absolute Gasteiger partial charge is 0.307 e. The summed E-state index contributed by atoms with van der Waals surface area (Å²) in [6.07, 6.45) is 3.69. The predicted molar refractivity (Wildman–Crippen MR) is 55.1 cm³/mol. The van der Waals surface area contributed by atoms with Crippen molar-refractivity contribution in [3.05, 3.63) is 30.1 Å². The van der Waals surface area contributed by atoms with E-state index in [0.29, 0.717) is 0 Å². The van der Waals surface area contributed by atoms with Gasteiger partial charge in [-0.3, -0.25) is 9.88 Å². The number of nitrogens with zero attached hydrogens (tertiary/aromatic N) is 2. The highest BCUT2D eigenvalue weighted by molar-refractivity contribution is 8.00. The van der Waals surface area contributed by atoms with Gasteiger partial charge in [-0.2, -0.15) is 0 Å². The summed E-state index contributed by atoms with van der Waals surface area (Å²) in [4.78, 5) is 6.34. The van der Waals surface area contributed by atoms with Crippen LogP contribution in [0.15, 0.2) is 24.5 Å². The normalized spacial score (nSPS) is 23.6. The first-order valence-corrected chi connectivity index (χ1v) is 5.41. The van der Waals surface area contributed by atoms with E-state index in [9.17, 15) is 0 Å². The van der Waals surface area contributed by atoms with Crippen molar-refractivity contribution >= 4 is 11.8 Å². The van der Waals surface area contributed by atoms with Crippen molar-refractivity contribution in [1.29, 1.82) is 0 Å². The Morgan fingerprint density at radius 2 is 2.62 bits per heavy atom. The molecule has 1 atom stereocenters. The molecule has 0 saturated carbocycles. The Kier molecular flexibility index (Phi) is 2.83. The molecule has 0 radical (unpaired) electrons. The fraction of sp³-hybridized carbons (Fsp3) is 0.444. The molecule has 2 rings (SSSR count). The molecule has 70 valence electrons. The first-order chi connectivity index (χ1) is 6.36. The summed E-state index contributed by atoms with van der Waals surface area (Å²) >= 11 is 1.81. The minimum absolute atomic E-state index is 0.167. The van der Waals surface area contributed by atoms with E-state index in [1.165, 1.54) is 5.56 Å². The zero-order valence-electron chi connectivity index (χ0n) is 7.39. The maximum atomic E-state index is 5.90. The predicted octanol–water partition coefficient (Wildman–Crippen LogP) is 0.873. The molecule has 13 heavy (non-hydrogen) atoms. The van der Waals surface area contributed by atoms with Crippen molar-refractivity contribution < 1.29 is 0 Å². The standard InChI is InChI=1S/C9H13N3S/c10-9-12(4-5-13-9)7-8-2-1-3-11-6-8/h1-3,6,9H,4-5,7,10H2/t9-/m1/s1. The number of thioether (sulfide) groups is 1. The fourth-order valence-corrected chi connectivity index (χ4v) is 2.39. The smallest absolute Gasteiger partial charge is 0.106 e. The molecule has 1 fully saturated rings. The van der Waals surface area contributed by atoms with Gasteiger partial charge in [0.15, 0.2) is 0 Å². The molecule has 2 N–H and O–H groups in total. The summed E-state index contributed by atoms with van der Waals surface area (Å²) in [5.74, 6) is 1.14. The Labute approximate surface area is 82.3 Å². The molecule has 0 amide bonds. The molecule has 0 bridgehead atoms. The monoisotopic (exact) mass is 195 g/mol. The van der Waals surface area contributed by atoms with E-state index in [1.807, 2.05) is 24.0 Å². The number of hydrogen-bond acceptors (Lipinski definition) is 4. The summed E-state index contributed by atoms with van der Waals surface area (Å²) in [5.41, 5.74) is 7.30. The second kappa shape index (κ2) is 4.09. The maximum absolute atomic E-state index is 5.90. The average Bonchev–Trinajstić information content (AvgIpc) is 2.54. The van der Waals surface area contributed by atoms with Crippen molar-refractivity contribution in [2.24, 2.45) is 5.73 Å². The van der Waals surface area contributed by atoms with Crippen LogP contribution in [0.1, 0.15) is 5.56 Å². The van der Waals surface area contributed by atoms with Gasteiger partial charge in [-0.1, -0.05) is 6.07 Å². The van der Waals surface area contributed by atoms with Gasteiger partial charge >= 0.3 is 0 Å². The van der Waals surface area contributed by atoms with Crippen LogP contribution >= 0.6 is 11.8 Å². The highest BCUT2D eigenvalue weighted by atomic mass is 32.2. The highest BCUT2D eigenvalue weighted by Gasteiger charge is 2.20. The molecular formula is C9H13N3S. The van der Waals surface area contributed by atoms with Crippen LogP contribution in [0.2, 0.25) is 0 Å². The van der Waals surface area contributed by atoms with E-state index >= 15 is 0 Å². The van der Waals surface area contributed by atoms with Gasteiger partial charge in [0.1, 0.15) is 5.50 Å². The SMILES string of the molecule is N[C@H]1SCCN1Cc1cccnc1. The molecule has 1 saturated heterocycles. The topological polar surface area (TPSA) is 42.1 Å². The van der Waals surface area contributed by atoms with Crippen LogP contribution in [0.4, 0.5) is 0 Å². The average molecular weight is 195 g/mol. The van der Waals surface area contributed by atoms with Crippen molar-refractivity contribution in [3.8, 4) is 0 Å². The lowest BCUT2D eigenvalue weighted by Crippen LogP contribution is -2.34. The van der Waals surface area contributed by atoms with Crippen LogP contribution < -0.4 is 5.73 Å². The quantitative estimate of drug-likeness (QED) is 0.760. The number of aromatic nitrogens is 1. The third-order valence-corrected chi connectivity index (χ3v) is 3.19. The second-order valence-electron chi connectivity index (χ2n) is 3.09. The molecular weight excluding hydrogens is 182 g/mol. The van der Waals surface area contributed by atoms with Gasteiger partial charge in [0.25, 0.3) is 0 Å². The van der Waals surface area contributed by atoms with Crippen molar-refractivity contribution in [2.75, 3.05) is 12.3 Å². The molecule has 0 spiro atoms. The van der Waals surface area contributed by atoms with Crippen molar-refractivity contribution in [3.63, 3.8) is 0 Å². The number of pyridine rings is 1. The van der Waals surface area contributed by atoms with Crippen LogP contribution in [0.5, 0.6) is 0 Å². The van der Waals surface area contributed by atoms with Gasteiger partial charge in [-0.15, -0.1) is 11.8 Å². The molecule has 4 heteroatoms. The van der Waals surface area contributed by atoms with Gasteiger partial charge in [-0.25, -0.2) is 0 Å². The molecule has 0 aliphatic carbocycles. The zero-order valence-corrected chi connectivity index (χ0v) is 8.20. The molecule has 1 aromatic rings. The summed E-state index contributed by atoms with van der Waals surface area (Å²) in [7, 11) is 0. The molecule has 1 aliphatic rings. The molecule has 2 heterocycles. The summed E-state index contributed by atoms with van der Waals surface area (Å²) < 4.78 is 0. The number of nitrogens with two attached hydrogens (primary N) is 1. The second-order valence-corrected chi connectivity index (χ2v) is 4.32. The van der Waals surface area contributed by atoms with Crippen LogP contribution in [-0.4, -0.2) is 27.7 Å².